The molecule has 0 aliphatic heterocycles. The van der Waals surface area contributed by atoms with Crippen LogP contribution in [0.15, 0.2) is 46.9 Å². The molecule has 0 saturated carbocycles. The molecule has 0 heterocycles. The predicted octanol–water partition coefficient (Wildman–Crippen LogP) is 4.43. The van der Waals surface area contributed by atoms with Gasteiger partial charge in [-0.25, -0.2) is 0 Å². The van der Waals surface area contributed by atoms with E-state index in [-0.39, 0.29) is 11.7 Å². The molecule has 0 aliphatic rings. The third kappa shape index (κ3) is 3.80. The second-order valence-corrected chi connectivity index (χ2v) is 5.46. The number of rotatable bonds is 5. The summed E-state index contributed by atoms with van der Waals surface area (Å²) in [5.41, 5.74) is 1.06. The summed E-state index contributed by atoms with van der Waals surface area (Å²) in [5, 5.41) is 13.8. The van der Waals surface area contributed by atoms with Crippen LogP contribution in [0.3, 0.4) is 0 Å². The molecular weight excluding hydrogens is 336 g/mol. The molecule has 1 N–H and O–H groups in total. The fourth-order valence-electron chi connectivity index (χ4n) is 1.87. The van der Waals surface area contributed by atoms with Gasteiger partial charge in [0, 0.05) is 28.2 Å². The molecule has 0 aliphatic carbocycles. The average Bonchev–Trinajstić information content (AvgIpc) is 2.47. The summed E-state index contributed by atoms with van der Waals surface area (Å²) >= 11 is 3.42. The van der Waals surface area contributed by atoms with E-state index in [2.05, 4.69) is 21.2 Å². The number of hydrogen-bond acceptors (Lipinski definition) is 4. The SMILES string of the molecule is CNC(C)c1ccc(Br)cc1Oc1ccc([N+](=O)[O-])cc1. The lowest BCUT2D eigenvalue weighted by molar-refractivity contribution is -0.384. The molecule has 0 fully saturated rings. The first-order valence-corrected chi connectivity index (χ1v) is 7.19. The number of hydrogen-bond donors (Lipinski definition) is 1. The second kappa shape index (κ2) is 6.69. The highest BCUT2D eigenvalue weighted by Crippen LogP contribution is 2.32. The number of nitrogens with one attached hydrogen (secondary N) is 1. The van der Waals surface area contributed by atoms with E-state index in [1.807, 2.05) is 32.2 Å². The maximum Gasteiger partial charge on any atom is 0.269 e. The molecule has 5 nitrogen and oxygen atoms in total. The number of ether oxygens (including phenoxy) is 1. The Labute approximate surface area is 131 Å². The standard InChI is InChI=1S/C15H15BrN2O3/c1-10(17-2)14-8-3-11(16)9-15(14)21-13-6-4-12(5-7-13)18(19)20/h3-10,17H,1-2H3. The van der Waals surface area contributed by atoms with Gasteiger partial charge in [0.2, 0.25) is 0 Å². The zero-order valence-electron chi connectivity index (χ0n) is 11.7. The Morgan fingerprint density at radius 2 is 1.90 bits per heavy atom. The van der Waals surface area contributed by atoms with Gasteiger partial charge in [0.1, 0.15) is 11.5 Å². The quantitative estimate of drug-likeness (QED) is 0.639. The van der Waals surface area contributed by atoms with Gasteiger partial charge < -0.3 is 10.1 Å². The predicted molar refractivity (Wildman–Crippen MR) is 84.8 cm³/mol. The molecule has 0 saturated heterocycles. The Kier molecular flexibility index (Phi) is 4.93. The molecule has 2 aromatic carbocycles. The minimum atomic E-state index is -0.433. The molecule has 110 valence electrons. The fourth-order valence-corrected chi connectivity index (χ4v) is 2.21. The third-order valence-electron chi connectivity index (χ3n) is 3.15. The molecule has 0 radical (unpaired) electrons. The van der Waals surface area contributed by atoms with Crippen LogP contribution in [-0.2, 0) is 0 Å². The minimum Gasteiger partial charge on any atom is -0.457 e. The average molecular weight is 351 g/mol. The summed E-state index contributed by atoms with van der Waals surface area (Å²) in [6.07, 6.45) is 0. The molecule has 1 atom stereocenters. The van der Waals surface area contributed by atoms with Crippen LogP contribution in [0.1, 0.15) is 18.5 Å². The van der Waals surface area contributed by atoms with Crippen LogP contribution in [0, 0.1) is 10.1 Å². The van der Waals surface area contributed by atoms with Crippen LogP contribution in [0.5, 0.6) is 11.5 Å². The Morgan fingerprint density at radius 1 is 1.24 bits per heavy atom. The van der Waals surface area contributed by atoms with Gasteiger partial charge in [-0.15, -0.1) is 0 Å². The zero-order valence-corrected chi connectivity index (χ0v) is 13.3. The molecule has 0 spiro atoms. The summed E-state index contributed by atoms with van der Waals surface area (Å²) < 4.78 is 6.76. The van der Waals surface area contributed by atoms with Gasteiger partial charge in [0.05, 0.1) is 4.92 Å². The van der Waals surface area contributed by atoms with Gasteiger partial charge in [-0.3, -0.25) is 10.1 Å². The highest BCUT2D eigenvalue weighted by atomic mass is 79.9. The van der Waals surface area contributed by atoms with Crippen molar-refractivity contribution in [1.29, 1.82) is 0 Å². The van der Waals surface area contributed by atoms with Crippen molar-refractivity contribution in [2.75, 3.05) is 7.05 Å². The molecule has 1 unspecified atom stereocenters. The zero-order chi connectivity index (χ0) is 15.4. The van der Waals surface area contributed by atoms with Gasteiger partial charge in [0.15, 0.2) is 0 Å². The van der Waals surface area contributed by atoms with Crippen molar-refractivity contribution >= 4 is 21.6 Å². The number of nitrogens with zero attached hydrogens (tertiary/aromatic N) is 1. The lowest BCUT2D eigenvalue weighted by Gasteiger charge is -2.16. The second-order valence-electron chi connectivity index (χ2n) is 4.55. The van der Waals surface area contributed by atoms with Crippen LogP contribution >= 0.6 is 15.9 Å². The Morgan fingerprint density at radius 3 is 2.48 bits per heavy atom. The summed E-state index contributed by atoms with van der Waals surface area (Å²) in [7, 11) is 1.88. The van der Waals surface area contributed by atoms with Crippen LogP contribution in [0.4, 0.5) is 5.69 Å². The highest BCUT2D eigenvalue weighted by Gasteiger charge is 2.12. The summed E-state index contributed by atoms with van der Waals surface area (Å²) in [5.74, 6) is 1.27. The number of nitro benzene ring substituents is 1. The first kappa shape index (κ1) is 15.5. The van der Waals surface area contributed by atoms with Crippen LogP contribution in [0.2, 0.25) is 0 Å². The van der Waals surface area contributed by atoms with E-state index in [9.17, 15) is 10.1 Å². The highest BCUT2D eigenvalue weighted by molar-refractivity contribution is 9.10. The van der Waals surface area contributed by atoms with Crippen molar-refractivity contribution in [2.45, 2.75) is 13.0 Å². The van der Waals surface area contributed by atoms with Crippen LogP contribution < -0.4 is 10.1 Å². The largest absolute Gasteiger partial charge is 0.457 e. The summed E-state index contributed by atoms with van der Waals surface area (Å²) in [6.45, 7) is 2.03. The van der Waals surface area contributed by atoms with Crippen molar-refractivity contribution in [2.24, 2.45) is 0 Å². The first-order chi connectivity index (χ1) is 10.0. The van der Waals surface area contributed by atoms with Crippen LogP contribution in [0.25, 0.3) is 0 Å². The van der Waals surface area contributed by atoms with Crippen molar-refractivity contribution in [3.8, 4) is 11.5 Å². The number of benzene rings is 2. The Hall–Kier alpha value is -1.92. The van der Waals surface area contributed by atoms with Crippen molar-refractivity contribution < 1.29 is 9.66 Å². The Balaban J connectivity index is 2.29. The smallest absolute Gasteiger partial charge is 0.269 e. The topological polar surface area (TPSA) is 64.4 Å². The van der Waals surface area contributed by atoms with E-state index < -0.39 is 4.92 Å². The molecule has 21 heavy (non-hydrogen) atoms. The number of halogens is 1. The van der Waals surface area contributed by atoms with Gasteiger partial charge in [0.25, 0.3) is 5.69 Å². The van der Waals surface area contributed by atoms with E-state index >= 15 is 0 Å². The van der Waals surface area contributed by atoms with Crippen molar-refractivity contribution in [3.05, 3.63) is 62.6 Å². The van der Waals surface area contributed by atoms with E-state index in [0.717, 1.165) is 10.0 Å². The van der Waals surface area contributed by atoms with Gasteiger partial charge in [-0.05, 0) is 38.2 Å². The lowest BCUT2D eigenvalue weighted by atomic mass is 10.1. The molecule has 2 aromatic rings. The van der Waals surface area contributed by atoms with Crippen molar-refractivity contribution in [1.82, 2.24) is 5.32 Å². The van der Waals surface area contributed by atoms with Crippen LogP contribution in [-0.4, -0.2) is 12.0 Å². The first-order valence-electron chi connectivity index (χ1n) is 6.40. The molecule has 0 amide bonds. The maximum atomic E-state index is 10.6. The normalized spacial score (nSPS) is 12.0. The molecule has 6 heteroatoms. The number of non-ortho nitro benzene ring substituents is 1. The molecular formula is C15H15BrN2O3. The summed E-state index contributed by atoms with van der Waals surface area (Å²) in [4.78, 5) is 10.2. The van der Waals surface area contributed by atoms with Crippen molar-refractivity contribution in [3.63, 3.8) is 0 Å². The monoisotopic (exact) mass is 350 g/mol. The summed E-state index contributed by atoms with van der Waals surface area (Å²) in [6, 6.07) is 12.0. The Bertz CT molecular complexity index is 644. The molecule has 2 rings (SSSR count). The third-order valence-corrected chi connectivity index (χ3v) is 3.64. The molecule has 0 bridgehead atoms. The number of nitro groups is 1. The fraction of sp³-hybridized carbons (Fsp3) is 0.200. The van der Waals surface area contributed by atoms with Gasteiger partial charge in [-0.1, -0.05) is 22.0 Å². The van der Waals surface area contributed by atoms with E-state index in [1.54, 1.807) is 12.1 Å². The lowest BCUT2D eigenvalue weighted by Crippen LogP contribution is -2.13. The maximum absolute atomic E-state index is 10.6. The molecule has 0 aromatic heterocycles. The van der Waals surface area contributed by atoms with E-state index in [0.29, 0.717) is 11.5 Å². The van der Waals surface area contributed by atoms with E-state index in [4.69, 9.17) is 4.74 Å². The minimum absolute atomic E-state index is 0.0420. The van der Waals surface area contributed by atoms with E-state index in [1.165, 1.54) is 12.1 Å². The van der Waals surface area contributed by atoms with Gasteiger partial charge in [-0.2, -0.15) is 0 Å². The van der Waals surface area contributed by atoms with Gasteiger partial charge >= 0.3 is 0 Å².